The summed E-state index contributed by atoms with van der Waals surface area (Å²) in [7, 11) is 0. The molecular weight excluding hydrogens is 256 g/mol. The van der Waals surface area contributed by atoms with Crippen LogP contribution >= 0.6 is 11.6 Å². The van der Waals surface area contributed by atoms with Crippen molar-refractivity contribution in [2.24, 2.45) is 5.73 Å². The van der Waals surface area contributed by atoms with Crippen molar-refractivity contribution in [1.29, 1.82) is 0 Å². The summed E-state index contributed by atoms with van der Waals surface area (Å²) in [5.41, 5.74) is 7.22. The minimum absolute atomic E-state index is 0.185. The zero-order valence-corrected chi connectivity index (χ0v) is 10.8. The second-order valence-electron chi connectivity index (χ2n) is 4.64. The van der Waals surface area contributed by atoms with Gasteiger partial charge in [0.15, 0.2) is 0 Å². The molecule has 0 heterocycles. The molecule has 0 saturated heterocycles. The van der Waals surface area contributed by atoms with Crippen molar-refractivity contribution in [3.05, 3.63) is 46.0 Å². The predicted molar refractivity (Wildman–Crippen MR) is 69.5 cm³/mol. The summed E-state index contributed by atoms with van der Waals surface area (Å²) in [6, 6.07) is 1.52. The molecule has 1 nitrogen and oxygen atoms in total. The van der Waals surface area contributed by atoms with Crippen LogP contribution in [0.25, 0.3) is 0 Å². The van der Waals surface area contributed by atoms with Gasteiger partial charge in [-0.25, -0.2) is 8.78 Å². The second kappa shape index (κ2) is 5.81. The van der Waals surface area contributed by atoms with Crippen LogP contribution in [0.1, 0.15) is 43.7 Å². The van der Waals surface area contributed by atoms with Crippen LogP contribution in [0.3, 0.4) is 0 Å². The Morgan fingerprint density at radius 2 is 1.89 bits per heavy atom. The molecule has 0 fully saturated rings. The Labute approximate surface area is 111 Å². The Morgan fingerprint density at radius 3 is 2.67 bits per heavy atom. The third-order valence-electron chi connectivity index (χ3n) is 3.35. The molecule has 0 radical (unpaired) electrons. The van der Waals surface area contributed by atoms with Gasteiger partial charge in [-0.3, -0.25) is 0 Å². The number of halogens is 3. The maximum Gasteiger partial charge on any atom is 0.142 e. The highest BCUT2D eigenvalue weighted by Crippen LogP contribution is 2.30. The van der Waals surface area contributed by atoms with Gasteiger partial charge in [0.1, 0.15) is 11.6 Å². The highest BCUT2D eigenvalue weighted by Gasteiger charge is 2.19. The molecule has 1 unspecified atom stereocenters. The van der Waals surface area contributed by atoms with Crippen LogP contribution in [0.2, 0.25) is 5.02 Å². The molecule has 18 heavy (non-hydrogen) atoms. The summed E-state index contributed by atoms with van der Waals surface area (Å²) in [6.07, 6.45) is 7.21. The fourth-order valence-electron chi connectivity index (χ4n) is 2.30. The van der Waals surface area contributed by atoms with E-state index in [2.05, 4.69) is 6.08 Å². The van der Waals surface area contributed by atoms with Crippen LogP contribution in [0, 0.1) is 11.6 Å². The van der Waals surface area contributed by atoms with Crippen molar-refractivity contribution in [3.63, 3.8) is 0 Å². The fourth-order valence-corrected chi connectivity index (χ4v) is 2.45. The van der Waals surface area contributed by atoms with Crippen LogP contribution in [0.5, 0.6) is 0 Å². The third kappa shape index (κ3) is 2.90. The smallest absolute Gasteiger partial charge is 0.142 e. The van der Waals surface area contributed by atoms with Gasteiger partial charge in [0.05, 0.1) is 11.1 Å². The Bertz CT molecular complexity index is 471. The summed E-state index contributed by atoms with van der Waals surface area (Å²) < 4.78 is 27.2. The molecule has 0 aromatic heterocycles. The van der Waals surface area contributed by atoms with Gasteiger partial charge < -0.3 is 5.73 Å². The number of rotatable bonds is 2. The van der Waals surface area contributed by atoms with E-state index in [0.29, 0.717) is 0 Å². The van der Waals surface area contributed by atoms with Gasteiger partial charge in [0, 0.05) is 5.56 Å². The zero-order chi connectivity index (χ0) is 13.1. The number of hydrogen-bond acceptors (Lipinski definition) is 1. The number of hydrogen-bond donors (Lipinski definition) is 1. The zero-order valence-electron chi connectivity index (χ0n) is 10.1. The molecule has 0 saturated carbocycles. The average molecular weight is 272 g/mol. The molecule has 98 valence electrons. The maximum absolute atomic E-state index is 13.8. The lowest BCUT2D eigenvalue weighted by atomic mass is 9.95. The molecule has 1 atom stereocenters. The van der Waals surface area contributed by atoms with E-state index in [1.807, 2.05) is 0 Å². The molecule has 1 aromatic rings. The standard InChI is InChI=1S/C14H16ClF2N/c15-11-8-12(16)10(7-13(11)17)14(18)9-5-3-1-2-4-6-9/h5,7-8,14H,1-4,6,18H2. The van der Waals surface area contributed by atoms with Crippen molar-refractivity contribution in [2.45, 2.75) is 38.1 Å². The highest BCUT2D eigenvalue weighted by molar-refractivity contribution is 6.30. The van der Waals surface area contributed by atoms with Gasteiger partial charge in [-0.2, -0.15) is 0 Å². The molecule has 0 bridgehead atoms. The number of allylic oxidation sites excluding steroid dienone is 1. The van der Waals surface area contributed by atoms with Crippen molar-refractivity contribution in [1.82, 2.24) is 0 Å². The first-order valence-electron chi connectivity index (χ1n) is 6.18. The molecule has 1 aliphatic carbocycles. The molecule has 2 N–H and O–H groups in total. The minimum atomic E-state index is -0.627. The van der Waals surface area contributed by atoms with Crippen molar-refractivity contribution < 1.29 is 8.78 Å². The topological polar surface area (TPSA) is 26.0 Å². The summed E-state index contributed by atoms with van der Waals surface area (Å²) in [6.45, 7) is 0. The number of benzene rings is 1. The van der Waals surface area contributed by atoms with E-state index in [4.69, 9.17) is 17.3 Å². The normalized spacial score (nSPS) is 18.1. The molecule has 0 spiro atoms. The van der Waals surface area contributed by atoms with Gasteiger partial charge in [-0.1, -0.05) is 29.7 Å². The Balaban J connectivity index is 2.30. The van der Waals surface area contributed by atoms with Crippen LogP contribution in [0.4, 0.5) is 8.78 Å². The quantitative estimate of drug-likeness (QED) is 0.622. The van der Waals surface area contributed by atoms with E-state index in [9.17, 15) is 8.78 Å². The van der Waals surface area contributed by atoms with Crippen LogP contribution < -0.4 is 5.73 Å². The van der Waals surface area contributed by atoms with Crippen molar-refractivity contribution in [3.8, 4) is 0 Å². The van der Waals surface area contributed by atoms with Crippen molar-refractivity contribution in [2.75, 3.05) is 0 Å². The lowest BCUT2D eigenvalue weighted by Gasteiger charge is -2.17. The highest BCUT2D eigenvalue weighted by atomic mass is 35.5. The number of nitrogens with two attached hydrogens (primary N) is 1. The average Bonchev–Trinajstić information content (AvgIpc) is 2.61. The second-order valence-corrected chi connectivity index (χ2v) is 5.05. The molecule has 0 amide bonds. The van der Waals surface area contributed by atoms with Crippen molar-refractivity contribution >= 4 is 11.6 Å². The van der Waals surface area contributed by atoms with Crippen LogP contribution in [-0.2, 0) is 0 Å². The summed E-state index contributed by atoms with van der Waals surface area (Å²) in [4.78, 5) is 0. The summed E-state index contributed by atoms with van der Waals surface area (Å²) in [5, 5.41) is -0.210. The first-order chi connectivity index (χ1) is 8.59. The Morgan fingerprint density at radius 1 is 1.11 bits per heavy atom. The van der Waals surface area contributed by atoms with Gasteiger partial charge in [-0.15, -0.1) is 0 Å². The first kappa shape index (κ1) is 13.5. The SMILES string of the molecule is NC(C1=CCCCCC1)c1cc(F)c(Cl)cc1F. The fraction of sp³-hybridized carbons (Fsp3) is 0.429. The minimum Gasteiger partial charge on any atom is -0.320 e. The van der Waals surface area contributed by atoms with Gasteiger partial charge in [-0.05, 0) is 37.8 Å². The molecule has 2 rings (SSSR count). The van der Waals surface area contributed by atoms with E-state index in [-0.39, 0.29) is 10.6 Å². The van der Waals surface area contributed by atoms with Gasteiger partial charge in [0.2, 0.25) is 0 Å². The third-order valence-corrected chi connectivity index (χ3v) is 3.64. The van der Waals surface area contributed by atoms with E-state index in [1.165, 1.54) is 0 Å². The Hall–Kier alpha value is -0.930. The summed E-state index contributed by atoms with van der Waals surface area (Å²) >= 11 is 5.53. The molecule has 1 aromatic carbocycles. The predicted octanol–water partition coefficient (Wildman–Crippen LogP) is 4.51. The Kier molecular flexibility index (Phi) is 4.36. The molecule has 1 aliphatic rings. The maximum atomic E-state index is 13.8. The van der Waals surface area contributed by atoms with E-state index in [1.54, 1.807) is 0 Å². The molecular formula is C14H16ClF2N. The van der Waals surface area contributed by atoms with Crippen LogP contribution in [0.15, 0.2) is 23.8 Å². The van der Waals surface area contributed by atoms with E-state index < -0.39 is 17.7 Å². The lowest BCUT2D eigenvalue weighted by Crippen LogP contribution is -2.15. The largest absolute Gasteiger partial charge is 0.320 e. The summed E-state index contributed by atoms with van der Waals surface area (Å²) in [5.74, 6) is -1.17. The van der Waals surface area contributed by atoms with Crippen LogP contribution in [-0.4, -0.2) is 0 Å². The lowest BCUT2D eigenvalue weighted by molar-refractivity contribution is 0.571. The molecule has 0 aliphatic heterocycles. The van der Waals surface area contributed by atoms with Gasteiger partial charge >= 0.3 is 0 Å². The van der Waals surface area contributed by atoms with Gasteiger partial charge in [0.25, 0.3) is 0 Å². The monoisotopic (exact) mass is 271 g/mol. The first-order valence-corrected chi connectivity index (χ1v) is 6.56. The van der Waals surface area contributed by atoms with E-state index in [0.717, 1.165) is 49.8 Å². The van der Waals surface area contributed by atoms with E-state index >= 15 is 0 Å². The molecule has 4 heteroatoms.